The molecule has 0 aromatic carbocycles. The number of rotatable bonds is 10. The molecule has 1 aromatic rings. The minimum atomic E-state index is 0.0649. The summed E-state index contributed by atoms with van der Waals surface area (Å²) in [6.07, 6.45) is 0.474. The summed E-state index contributed by atoms with van der Waals surface area (Å²) in [6.45, 7) is 10.8. The molecule has 1 aromatic heterocycles. The molecular weight excluding hydrogens is 288 g/mol. The van der Waals surface area contributed by atoms with E-state index in [1.54, 1.807) is 4.68 Å². The molecule has 1 amide bonds. The first kappa shape index (κ1) is 17.9. The molecule has 0 atom stereocenters. The first-order valence-electron chi connectivity index (χ1n) is 7.38. The number of hydrogen-bond donors (Lipinski definition) is 2. The Morgan fingerprint density at radius 3 is 2.76 bits per heavy atom. The first-order valence-corrected chi connectivity index (χ1v) is 8.36. The van der Waals surface area contributed by atoms with E-state index in [1.165, 1.54) is 11.8 Å². The van der Waals surface area contributed by atoms with Crippen LogP contribution in [-0.4, -0.2) is 51.0 Å². The van der Waals surface area contributed by atoms with Crippen molar-refractivity contribution in [3.05, 3.63) is 0 Å². The van der Waals surface area contributed by atoms with E-state index in [9.17, 15) is 4.79 Å². The van der Waals surface area contributed by atoms with Crippen molar-refractivity contribution >= 4 is 17.7 Å². The Balaban J connectivity index is 2.26. The van der Waals surface area contributed by atoms with E-state index in [0.29, 0.717) is 18.1 Å². The van der Waals surface area contributed by atoms with E-state index < -0.39 is 0 Å². The zero-order chi connectivity index (χ0) is 15.7. The molecule has 0 radical (unpaired) electrons. The minimum absolute atomic E-state index is 0.0649. The Kier molecular flexibility index (Phi) is 8.29. The summed E-state index contributed by atoms with van der Waals surface area (Å²) in [5, 5.41) is 18.7. The van der Waals surface area contributed by atoms with Crippen LogP contribution in [-0.2, 0) is 11.3 Å². The highest BCUT2D eigenvalue weighted by molar-refractivity contribution is 7.99. The Morgan fingerprint density at radius 2 is 2.10 bits per heavy atom. The van der Waals surface area contributed by atoms with Crippen molar-refractivity contribution in [1.29, 1.82) is 0 Å². The van der Waals surface area contributed by atoms with Crippen molar-refractivity contribution in [3.63, 3.8) is 0 Å². The van der Waals surface area contributed by atoms with E-state index in [-0.39, 0.29) is 11.9 Å². The summed E-state index contributed by atoms with van der Waals surface area (Å²) >= 11 is 1.51. The van der Waals surface area contributed by atoms with Gasteiger partial charge in [-0.25, -0.2) is 4.68 Å². The third kappa shape index (κ3) is 8.01. The van der Waals surface area contributed by atoms with Gasteiger partial charge in [0.15, 0.2) is 0 Å². The van der Waals surface area contributed by atoms with Gasteiger partial charge < -0.3 is 10.6 Å². The molecule has 0 saturated carbocycles. The average molecular weight is 314 g/mol. The molecular formula is C13H26N6OS. The molecule has 1 rings (SSSR count). The van der Waals surface area contributed by atoms with E-state index >= 15 is 0 Å². The lowest BCUT2D eigenvalue weighted by atomic mass is 10.2. The third-order valence-corrected chi connectivity index (χ3v) is 3.52. The van der Waals surface area contributed by atoms with Gasteiger partial charge in [0.05, 0.1) is 6.54 Å². The van der Waals surface area contributed by atoms with Crippen LogP contribution >= 0.6 is 11.8 Å². The molecule has 0 spiro atoms. The van der Waals surface area contributed by atoms with Crippen LogP contribution in [0, 0.1) is 5.92 Å². The number of tetrazole rings is 1. The van der Waals surface area contributed by atoms with Crippen LogP contribution in [0.4, 0.5) is 0 Å². The number of aromatic nitrogens is 4. The maximum absolute atomic E-state index is 11.5. The second kappa shape index (κ2) is 9.73. The highest BCUT2D eigenvalue weighted by Gasteiger charge is 2.09. The predicted molar refractivity (Wildman–Crippen MR) is 84.1 cm³/mol. The standard InChI is InChI=1S/C13H26N6OS/c1-10(2)9-14-6-7-19-13(16-17-18-19)21-8-5-12(20)15-11(3)4/h10-11,14H,5-9H2,1-4H3,(H,15,20). The molecule has 0 aliphatic rings. The summed E-state index contributed by atoms with van der Waals surface area (Å²) in [4.78, 5) is 11.5. The summed E-state index contributed by atoms with van der Waals surface area (Å²) in [7, 11) is 0. The van der Waals surface area contributed by atoms with Gasteiger partial charge >= 0.3 is 0 Å². The summed E-state index contributed by atoms with van der Waals surface area (Å²) in [6, 6.07) is 0.180. The lowest BCUT2D eigenvalue weighted by Gasteiger charge is -2.09. The molecule has 0 aliphatic heterocycles. The van der Waals surface area contributed by atoms with Crippen LogP contribution in [0.3, 0.4) is 0 Å². The van der Waals surface area contributed by atoms with Crippen molar-refractivity contribution < 1.29 is 4.79 Å². The van der Waals surface area contributed by atoms with Gasteiger partial charge in [0.1, 0.15) is 0 Å². The number of amides is 1. The normalized spacial score (nSPS) is 11.3. The molecule has 8 heteroatoms. The largest absolute Gasteiger partial charge is 0.354 e. The molecule has 7 nitrogen and oxygen atoms in total. The number of nitrogens with zero attached hydrogens (tertiary/aromatic N) is 4. The third-order valence-electron chi connectivity index (χ3n) is 2.56. The number of thioether (sulfide) groups is 1. The fourth-order valence-electron chi connectivity index (χ4n) is 1.65. The zero-order valence-corrected chi connectivity index (χ0v) is 14.1. The number of carbonyl (C=O) groups excluding carboxylic acids is 1. The molecule has 1 heterocycles. The van der Waals surface area contributed by atoms with Crippen molar-refractivity contribution in [3.8, 4) is 0 Å². The van der Waals surface area contributed by atoms with Gasteiger partial charge in [-0.15, -0.1) is 5.10 Å². The van der Waals surface area contributed by atoms with Gasteiger partial charge in [-0.3, -0.25) is 4.79 Å². The second-order valence-electron chi connectivity index (χ2n) is 5.60. The molecule has 0 fully saturated rings. The Morgan fingerprint density at radius 1 is 1.33 bits per heavy atom. The lowest BCUT2D eigenvalue weighted by Crippen LogP contribution is -2.30. The molecule has 21 heavy (non-hydrogen) atoms. The van der Waals surface area contributed by atoms with Crippen molar-refractivity contribution in [2.24, 2.45) is 5.92 Å². The predicted octanol–water partition coefficient (Wildman–Crippen LogP) is 0.926. The van der Waals surface area contributed by atoms with Gasteiger partial charge in [0.25, 0.3) is 0 Å². The SMILES string of the molecule is CC(C)CNCCn1nnnc1SCCC(=O)NC(C)C. The number of nitrogens with one attached hydrogen (secondary N) is 2. The Labute approximate surface area is 130 Å². The summed E-state index contributed by atoms with van der Waals surface area (Å²) < 4.78 is 1.78. The van der Waals surface area contributed by atoms with Crippen LogP contribution in [0.1, 0.15) is 34.1 Å². The van der Waals surface area contributed by atoms with Gasteiger partial charge in [-0.2, -0.15) is 0 Å². The van der Waals surface area contributed by atoms with E-state index in [1.807, 2.05) is 13.8 Å². The monoisotopic (exact) mass is 314 g/mol. The highest BCUT2D eigenvalue weighted by Crippen LogP contribution is 2.14. The molecule has 0 unspecified atom stereocenters. The second-order valence-corrected chi connectivity index (χ2v) is 6.67. The van der Waals surface area contributed by atoms with Gasteiger partial charge in [0, 0.05) is 24.8 Å². The fourth-order valence-corrected chi connectivity index (χ4v) is 2.49. The van der Waals surface area contributed by atoms with Crippen LogP contribution in [0.25, 0.3) is 0 Å². The van der Waals surface area contributed by atoms with Gasteiger partial charge in [0.2, 0.25) is 11.1 Å². The molecule has 0 bridgehead atoms. The molecule has 2 N–H and O–H groups in total. The van der Waals surface area contributed by atoms with Crippen molar-refractivity contribution in [1.82, 2.24) is 30.8 Å². The van der Waals surface area contributed by atoms with Crippen LogP contribution in [0.15, 0.2) is 5.16 Å². The Bertz CT molecular complexity index is 421. The summed E-state index contributed by atoms with van der Waals surface area (Å²) in [5.41, 5.74) is 0. The Hall–Kier alpha value is -1.15. The maximum Gasteiger partial charge on any atom is 0.221 e. The van der Waals surface area contributed by atoms with Crippen LogP contribution in [0.5, 0.6) is 0 Å². The smallest absolute Gasteiger partial charge is 0.221 e. The zero-order valence-electron chi connectivity index (χ0n) is 13.3. The quantitative estimate of drug-likeness (QED) is 0.493. The lowest BCUT2D eigenvalue weighted by molar-refractivity contribution is -0.121. The highest BCUT2D eigenvalue weighted by atomic mass is 32.2. The van der Waals surface area contributed by atoms with E-state index in [2.05, 4.69) is 40.0 Å². The maximum atomic E-state index is 11.5. The molecule has 0 aliphatic carbocycles. The van der Waals surface area contributed by atoms with Crippen LogP contribution in [0.2, 0.25) is 0 Å². The van der Waals surface area contributed by atoms with Crippen molar-refractivity contribution in [2.75, 3.05) is 18.8 Å². The van der Waals surface area contributed by atoms with E-state index in [4.69, 9.17) is 0 Å². The fraction of sp³-hybridized carbons (Fsp3) is 0.846. The topological polar surface area (TPSA) is 84.7 Å². The number of carbonyl (C=O) groups is 1. The minimum Gasteiger partial charge on any atom is -0.354 e. The summed E-state index contributed by atoms with van der Waals surface area (Å²) in [5.74, 6) is 1.38. The van der Waals surface area contributed by atoms with Crippen molar-refractivity contribution in [2.45, 2.75) is 51.9 Å². The van der Waals surface area contributed by atoms with E-state index in [0.717, 1.165) is 24.8 Å². The first-order chi connectivity index (χ1) is 9.99. The van der Waals surface area contributed by atoms with Crippen LogP contribution < -0.4 is 10.6 Å². The average Bonchev–Trinajstić information content (AvgIpc) is 2.81. The molecule has 120 valence electrons. The van der Waals surface area contributed by atoms with Gasteiger partial charge in [-0.1, -0.05) is 25.6 Å². The number of hydrogen-bond acceptors (Lipinski definition) is 6. The van der Waals surface area contributed by atoms with Gasteiger partial charge in [-0.05, 0) is 36.7 Å². The molecule has 0 saturated heterocycles.